The number of carbonyl (C=O) groups is 1. The highest BCUT2D eigenvalue weighted by atomic mass is 16.6. The van der Waals surface area contributed by atoms with Crippen LogP contribution in [0.15, 0.2) is 24.3 Å². The summed E-state index contributed by atoms with van der Waals surface area (Å²) in [5.41, 5.74) is 2.10. The van der Waals surface area contributed by atoms with Gasteiger partial charge in [-0.15, -0.1) is 6.58 Å². The lowest BCUT2D eigenvalue weighted by Gasteiger charge is -2.27. The molecular formula is C15H22O3. The highest BCUT2D eigenvalue weighted by molar-refractivity contribution is 5.72. The van der Waals surface area contributed by atoms with Crippen molar-refractivity contribution < 1.29 is 14.6 Å². The van der Waals surface area contributed by atoms with Gasteiger partial charge in [-0.3, -0.25) is 4.79 Å². The van der Waals surface area contributed by atoms with Crippen molar-refractivity contribution in [3.63, 3.8) is 0 Å². The van der Waals surface area contributed by atoms with E-state index in [1.807, 2.05) is 6.92 Å². The van der Waals surface area contributed by atoms with Gasteiger partial charge < -0.3 is 9.84 Å². The number of carbonyl (C=O) groups excluding carboxylic acids is 1. The van der Waals surface area contributed by atoms with Crippen molar-refractivity contribution in [2.75, 3.05) is 0 Å². The van der Waals surface area contributed by atoms with E-state index in [-0.39, 0.29) is 23.9 Å². The largest absolute Gasteiger partial charge is 0.461 e. The van der Waals surface area contributed by atoms with Crippen molar-refractivity contribution in [1.82, 2.24) is 0 Å². The van der Waals surface area contributed by atoms with E-state index in [1.54, 1.807) is 0 Å². The van der Waals surface area contributed by atoms with Gasteiger partial charge in [0.2, 0.25) is 0 Å². The van der Waals surface area contributed by atoms with Crippen molar-refractivity contribution in [3.05, 3.63) is 24.3 Å². The average molecular weight is 250 g/mol. The Kier molecular flexibility index (Phi) is 3.91. The minimum Gasteiger partial charge on any atom is -0.461 e. The van der Waals surface area contributed by atoms with Crippen LogP contribution in [0.1, 0.15) is 39.0 Å². The second kappa shape index (κ2) is 5.27. The molecule has 0 aromatic rings. The highest BCUT2D eigenvalue weighted by Crippen LogP contribution is 2.41. The van der Waals surface area contributed by atoms with Crippen molar-refractivity contribution >= 4 is 5.97 Å². The van der Waals surface area contributed by atoms with E-state index in [2.05, 4.69) is 13.2 Å². The molecule has 0 spiro atoms. The Morgan fingerprint density at radius 1 is 1.61 bits per heavy atom. The van der Waals surface area contributed by atoms with Gasteiger partial charge >= 0.3 is 5.97 Å². The van der Waals surface area contributed by atoms with Crippen LogP contribution in [0.2, 0.25) is 0 Å². The number of aliphatic hydroxyl groups is 1. The van der Waals surface area contributed by atoms with Gasteiger partial charge in [0.05, 0.1) is 12.5 Å². The monoisotopic (exact) mass is 250 g/mol. The van der Waals surface area contributed by atoms with Crippen LogP contribution in [0.25, 0.3) is 0 Å². The Balaban J connectivity index is 2.09. The van der Waals surface area contributed by atoms with Crippen molar-refractivity contribution in [3.8, 4) is 0 Å². The van der Waals surface area contributed by atoms with E-state index < -0.39 is 6.10 Å². The number of aliphatic hydroxyl groups excluding tert-OH is 1. The fourth-order valence-corrected chi connectivity index (χ4v) is 3.17. The van der Waals surface area contributed by atoms with E-state index in [0.717, 1.165) is 24.8 Å². The molecule has 2 rings (SSSR count). The molecule has 2 fully saturated rings. The standard InChI is InChI=1S/C15H22O3/c1-9(2)7-13(16)12-8-14(17)18-15(12)11-6-4-5-10(11)3/h11-13,15-16H,1,3-8H2,2H3/t11-,12+,13-,15+/m1/s1. The molecule has 0 aromatic carbocycles. The summed E-state index contributed by atoms with van der Waals surface area (Å²) in [6.07, 6.45) is 3.30. The zero-order valence-corrected chi connectivity index (χ0v) is 11.0. The first kappa shape index (κ1) is 13.3. The van der Waals surface area contributed by atoms with Gasteiger partial charge in [0, 0.05) is 11.8 Å². The Hall–Kier alpha value is -1.09. The van der Waals surface area contributed by atoms with Crippen molar-refractivity contribution in [2.45, 2.75) is 51.2 Å². The van der Waals surface area contributed by atoms with Gasteiger partial charge in [0.15, 0.2) is 0 Å². The van der Waals surface area contributed by atoms with E-state index in [9.17, 15) is 9.90 Å². The van der Waals surface area contributed by atoms with Crippen LogP contribution < -0.4 is 0 Å². The molecule has 0 radical (unpaired) electrons. The van der Waals surface area contributed by atoms with Crippen molar-refractivity contribution in [1.29, 1.82) is 0 Å². The summed E-state index contributed by atoms with van der Waals surface area (Å²) in [5, 5.41) is 10.2. The van der Waals surface area contributed by atoms with Crippen LogP contribution >= 0.6 is 0 Å². The van der Waals surface area contributed by atoms with Gasteiger partial charge in [-0.1, -0.05) is 17.7 Å². The Bertz CT molecular complexity index is 372. The molecule has 1 heterocycles. The predicted octanol–water partition coefficient (Wildman–Crippen LogP) is 2.60. The SMILES string of the molecule is C=C(C)C[C@@H](O)[C@@H]1CC(=O)O[C@H]1[C@@H]1CCCC1=C. The first-order valence-electron chi connectivity index (χ1n) is 6.68. The Morgan fingerprint density at radius 2 is 2.33 bits per heavy atom. The molecule has 18 heavy (non-hydrogen) atoms. The van der Waals surface area contributed by atoms with Gasteiger partial charge in [-0.05, 0) is 32.6 Å². The number of esters is 1. The topological polar surface area (TPSA) is 46.5 Å². The van der Waals surface area contributed by atoms with Crippen LogP contribution in [-0.4, -0.2) is 23.3 Å². The molecular weight excluding hydrogens is 228 g/mol. The van der Waals surface area contributed by atoms with Crippen LogP contribution in [0, 0.1) is 11.8 Å². The molecule has 3 heteroatoms. The minimum absolute atomic E-state index is 0.103. The summed E-state index contributed by atoms with van der Waals surface area (Å²) in [7, 11) is 0. The molecule has 3 nitrogen and oxygen atoms in total. The van der Waals surface area contributed by atoms with Gasteiger partial charge in [-0.2, -0.15) is 0 Å². The summed E-state index contributed by atoms with van der Waals surface area (Å²) in [6.45, 7) is 9.78. The molecule has 2 aliphatic rings. The molecule has 1 aliphatic carbocycles. The van der Waals surface area contributed by atoms with E-state index in [0.29, 0.717) is 12.8 Å². The van der Waals surface area contributed by atoms with Gasteiger partial charge in [0.1, 0.15) is 6.10 Å². The van der Waals surface area contributed by atoms with Gasteiger partial charge in [-0.25, -0.2) is 0 Å². The third-order valence-corrected chi connectivity index (χ3v) is 4.08. The maximum atomic E-state index is 11.5. The second-order valence-electron chi connectivity index (χ2n) is 5.71. The Morgan fingerprint density at radius 3 is 2.89 bits per heavy atom. The molecule has 1 N–H and O–H groups in total. The molecule has 4 atom stereocenters. The lowest BCUT2D eigenvalue weighted by Crippen LogP contribution is -2.33. The zero-order valence-electron chi connectivity index (χ0n) is 11.0. The minimum atomic E-state index is -0.535. The summed E-state index contributed by atoms with van der Waals surface area (Å²) >= 11 is 0. The predicted molar refractivity (Wildman–Crippen MR) is 69.9 cm³/mol. The summed E-state index contributed by atoms with van der Waals surface area (Å²) in [4.78, 5) is 11.5. The van der Waals surface area contributed by atoms with Crippen LogP contribution in [0.3, 0.4) is 0 Å². The number of ether oxygens (including phenoxy) is 1. The quantitative estimate of drug-likeness (QED) is 0.616. The summed E-state index contributed by atoms with van der Waals surface area (Å²) in [6, 6.07) is 0. The number of cyclic esters (lactones) is 1. The number of rotatable bonds is 4. The Labute approximate surface area is 109 Å². The number of hydrogen-bond donors (Lipinski definition) is 1. The first-order valence-corrected chi connectivity index (χ1v) is 6.68. The maximum absolute atomic E-state index is 11.5. The number of hydrogen-bond acceptors (Lipinski definition) is 3. The molecule has 0 aromatic heterocycles. The van der Waals surface area contributed by atoms with Crippen LogP contribution in [0.5, 0.6) is 0 Å². The molecule has 0 amide bonds. The normalized spacial score (nSPS) is 33.6. The third-order valence-electron chi connectivity index (χ3n) is 4.08. The molecule has 1 saturated heterocycles. The lowest BCUT2D eigenvalue weighted by molar-refractivity contribution is -0.143. The van der Waals surface area contributed by atoms with Gasteiger partial charge in [0.25, 0.3) is 0 Å². The maximum Gasteiger partial charge on any atom is 0.306 e. The summed E-state index contributed by atoms with van der Waals surface area (Å²) < 4.78 is 5.44. The lowest BCUT2D eigenvalue weighted by atomic mass is 9.82. The molecule has 1 saturated carbocycles. The fourth-order valence-electron chi connectivity index (χ4n) is 3.17. The zero-order chi connectivity index (χ0) is 13.3. The van der Waals surface area contributed by atoms with E-state index >= 15 is 0 Å². The van der Waals surface area contributed by atoms with Crippen molar-refractivity contribution in [2.24, 2.45) is 11.8 Å². The van der Waals surface area contributed by atoms with E-state index in [1.165, 1.54) is 5.57 Å². The molecule has 1 aliphatic heterocycles. The molecule has 100 valence electrons. The summed E-state index contributed by atoms with van der Waals surface area (Å²) in [5.74, 6) is -0.0549. The van der Waals surface area contributed by atoms with E-state index in [4.69, 9.17) is 4.74 Å². The highest BCUT2D eigenvalue weighted by Gasteiger charge is 2.45. The second-order valence-corrected chi connectivity index (χ2v) is 5.71. The van der Waals surface area contributed by atoms with Crippen LogP contribution in [0.4, 0.5) is 0 Å². The third kappa shape index (κ3) is 2.66. The fraction of sp³-hybridized carbons (Fsp3) is 0.667. The van der Waals surface area contributed by atoms with Crippen LogP contribution in [-0.2, 0) is 9.53 Å². The molecule has 0 unspecified atom stereocenters. The smallest absolute Gasteiger partial charge is 0.306 e. The molecule has 0 bridgehead atoms. The first-order chi connectivity index (χ1) is 8.49. The average Bonchev–Trinajstić information content (AvgIpc) is 2.83.